The van der Waals surface area contributed by atoms with Gasteiger partial charge in [0, 0.05) is 24.2 Å². The molecule has 0 amide bonds. The fourth-order valence-electron chi connectivity index (χ4n) is 3.96. The Morgan fingerprint density at radius 1 is 1.19 bits per heavy atom. The van der Waals surface area contributed by atoms with Gasteiger partial charge in [0.1, 0.15) is 17.6 Å². The molecule has 0 radical (unpaired) electrons. The molecule has 4 aromatic rings. The van der Waals surface area contributed by atoms with Gasteiger partial charge < -0.3 is 10.6 Å². The van der Waals surface area contributed by atoms with Crippen molar-refractivity contribution < 1.29 is 0 Å². The fourth-order valence-corrected chi connectivity index (χ4v) is 3.96. The Morgan fingerprint density at radius 2 is 2.00 bits per heavy atom. The van der Waals surface area contributed by atoms with Crippen molar-refractivity contribution in [1.29, 1.82) is 0 Å². The van der Waals surface area contributed by atoms with Crippen molar-refractivity contribution in [1.82, 2.24) is 34.6 Å². The van der Waals surface area contributed by atoms with E-state index >= 15 is 0 Å². The minimum atomic E-state index is -0.243. The van der Waals surface area contributed by atoms with Gasteiger partial charge in [-0.15, -0.1) is 5.92 Å². The van der Waals surface area contributed by atoms with E-state index in [9.17, 15) is 4.79 Å². The summed E-state index contributed by atoms with van der Waals surface area (Å²) in [5.74, 6) is 7.12. The van der Waals surface area contributed by atoms with Gasteiger partial charge in [-0.2, -0.15) is 5.10 Å². The first-order valence-corrected chi connectivity index (χ1v) is 10.5. The smallest absolute Gasteiger partial charge is 0.293 e. The van der Waals surface area contributed by atoms with Gasteiger partial charge in [0.05, 0.1) is 23.8 Å². The van der Waals surface area contributed by atoms with Crippen molar-refractivity contribution in [3.05, 3.63) is 52.3 Å². The molecule has 9 nitrogen and oxygen atoms in total. The van der Waals surface area contributed by atoms with Crippen LogP contribution in [0.5, 0.6) is 0 Å². The van der Waals surface area contributed by atoms with Gasteiger partial charge in [-0.05, 0) is 26.8 Å². The lowest BCUT2D eigenvalue weighted by molar-refractivity contribution is 0.335. The molecule has 1 aromatic carbocycles. The standard InChI is InChI=1S/C23H24N8O/c1-4-5-10-30-20-18(28-22(30)29-23(3)13-24-14-23)11-25-31(21(20)32)12-19-26-15(2)16-8-6-7-9-17(16)27-19/h6-9,11,24H,10,12-14H2,1-3H3,(H,28,29). The normalized spacial score (nSPS) is 14.7. The molecule has 1 aliphatic rings. The molecule has 0 aliphatic carbocycles. The molecule has 0 saturated carbocycles. The highest BCUT2D eigenvalue weighted by Gasteiger charge is 2.33. The maximum atomic E-state index is 13.4. The van der Waals surface area contributed by atoms with E-state index in [4.69, 9.17) is 0 Å². The predicted octanol–water partition coefficient (Wildman–Crippen LogP) is 1.69. The summed E-state index contributed by atoms with van der Waals surface area (Å²) in [6.45, 7) is 8.04. The summed E-state index contributed by atoms with van der Waals surface area (Å²) in [4.78, 5) is 27.3. The second-order valence-corrected chi connectivity index (χ2v) is 8.32. The Balaban J connectivity index is 1.58. The molecule has 32 heavy (non-hydrogen) atoms. The van der Waals surface area contributed by atoms with Crippen molar-refractivity contribution >= 4 is 27.9 Å². The van der Waals surface area contributed by atoms with E-state index in [2.05, 4.69) is 49.4 Å². The molecular weight excluding hydrogens is 404 g/mol. The Hall–Kier alpha value is -3.77. The van der Waals surface area contributed by atoms with Crippen LogP contribution in [0.3, 0.4) is 0 Å². The SMILES string of the molecule is CC#CCn1c(NC2(C)CNC2)nc2cnn(Cc3nc(C)c4ccccc4n3)c(=O)c21. The molecule has 1 fully saturated rings. The molecule has 4 heterocycles. The van der Waals surface area contributed by atoms with Gasteiger partial charge in [-0.3, -0.25) is 9.36 Å². The average Bonchev–Trinajstić information content (AvgIpc) is 3.10. The van der Waals surface area contributed by atoms with Crippen molar-refractivity contribution in [3.63, 3.8) is 0 Å². The highest BCUT2D eigenvalue weighted by atomic mass is 16.1. The molecule has 0 bridgehead atoms. The Morgan fingerprint density at radius 3 is 2.75 bits per heavy atom. The zero-order chi connectivity index (χ0) is 22.3. The van der Waals surface area contributed by atoms with Crippen LogP contribution in [0.15, 0.2) is 35.3 Å². The number of rotatable bonds is 5. The van der Waals surface area contributed by atoms with Crippen molar-refractivity contribution in [2.45, 2.75) is 39.4 Å². The summed E-state index contributed by atoms with van der Waals surface area (Å²) in [6, 6.07) is 7.84. The Labute approximate surface area is 184 Å². The van der Waals surface area contributed by atoms with E-state index in [1.54, 1.807) is 13.1 Å². The first-order valence-electron chi connectivity index (χ1n) is 10.5. The van der Waals surface area contributed by atoms with Crippen LogP contribution in [0.2, 0.25) is 0 Å². The second-order valence-electron chi connectivity index (χ2n) is 8.32. The van der Waals surface area contributed by atoms with Gasteiger partial charge in [0.2, 0.25) is 5.95 Å². The Kier molecular flexibility index (Phi) is 4.87. The highest BCUT2D eigenvalue weighted by Crippen LogP contribution is 2.22. The quantitative estimate of drug-likeness (QED) is 0.466. The van der Waals surface area contributed by atoms with E-state index in [-0.39, 0.29) is 17.6 Å². The molecule has 1 aliphatic heterocycles. The van der Waals surface area contributed by atoms with Crippen molar-refractivity contribution in [2.24, 2.45) is 0 Å². The molecule has 2 N–H and O–H groups in total. The van der Waals surface area contributed by atoms with E-state index < -0.39 is 0 Å². The van der Waals surface area contributed by atoms with E-state index in [1.807, 2.05) is 35.8 Å². The summed E-state index contributed by atoms with van der Waals surface area (Å²) in [7, 11) is 0. The average molecular weight is 429 g/mol. The van der Waals surface area contributed by atoms with Crippen molar-refractivity contribution in [2.75, 3.05) is 18.4 Å². The summed E-state index contributed by atoms with van der Waals surface area (Å²) < 4.78 is 3.22. The Bertz CT molecular complexity index is 1450. The zero-order valence-electron chi connectivity index (χ0n) is 18.3. The summed E-state index contributed by atoms with van der Waals surface area (Å²) in [5.41, 5.74) is 2.38. The van der Waals surface area contributed by atoms with Crippen LogP contribution in [0.4, 0.5) is 5.95 Å². The first kappa shape index (κ1) is 20.2. The van der Waals surface area contributed by atoms with Crippen LogP contribution in [-0.2, 0) is 13.1 Å². The van der Waals surface area contributed by atoms with E-state index in [0.29, 0.717) is 29.4 Å². The monoisotopic (exact) mass is 428 g/mol. The number of aromatic nitrogens is 6. The summed E-state index contributed by atoms with van der Waals surface area (Å²) in [6.07, 6.45) is 1.62. The number of nitrogens with one attached hydrogen (secondary N) is 2. The van der Waals surface area contributed by atoms with Gasteiger partial charge in [-0.25, -0.2) is 19.6 Å². The number of benzene rings is 1. The lowest BCUT2D eigenvalue weighted by atomic mass is 9.96. The fraction of sp³-hybridized carbons (Fsp3) is 0.348. The molecule has 162 valence electrons. The van der Waals surface area contributed by atoms with Crippen LogP contribution in [0.1, 0.15) is 25.4 Å². The number of fused-ring (bicyclic) bond motifs is 2. The van der Waals surface area contributed by atoms with Crippen LogP contribution in [0, 0.1) is 18.8 Å². The van der Waals surface area contributed by atoms with Crippen molar-refractivity contribution in [3.8, 4) is 11.8 Å². The van der Waals surface area contributed by atoms with Crippen LogP contribution < -0.4 is 16.2 Å². The lowest BCUT2D eigenvalue weighted by Gasteiger charge is -2.40. The lowest BCUT2D eigenvalue weighted by Crippen LogP contribution is -2.62. The maximum Gasteiger partial charge on any atom is 0.293 e. The molecule has 0 atom stereocenters. The molecule has 0 unspecified atom stereocenters. The number of hydrogen-bond acceptors (Lipinski definition) is 7. The molecular formula is C23H24N8O. The molecule has 3 aromatic heterocycles. The number of anilines is 1. The third-order valence-electron chi connectivity index (χ3n) is 5.74. The van der Waals surface area contributed by atoms with Gasteiger partial charge in [0.25, 0.3) is 5.56 Å². The topological polar surface area (TPSA) is 103 Å². The zero-order valence-corrected chi connectivity index (χ0v) is 18.3. The minimum Gasteiger partial charge on any atom is -0.348 e. The van der Waals surface area contributed by atoms with E-state index in [0.717, 1.165) is 29.7 Å². The summed E-state index contributed by atoms with van der Waals surface area (Å²) in [5, 5.41) is 12.1. The first-order chi connectivity index (χ1) is 15.5. The highest BCUT2D eigenvalue weighted by molar-refractivity contribution is 5.80. The largest absolute Gasteiger partial charge is 0.348 e. The molecule has 9 heteroatoms. The van der Waals surface area contributed by atoms with Gasteiger partial charge in [-0.1, -0.05) is 24.1 Å². The van der Waals surface area contributed by atoms with Crippen LogP contribution in [-0.4, -0.2) is 47.9 Å². The van der Waals surface area contributed by atoms with E-state index in [1.165, 1.54) is 4.68 Å². The maximum absolute atomic E-state index is 13.4. The number of hydrogen-bond donors (Lipinski definition) is 2. The number of aryl methyl sites for hydroxylation is 1. The molecule has 5 rings (SSSR count). The van der Waals surface area contributed by atoms with Crippen LogP contribution >= 0.6 is 0 Å². The third-order valence-corrected chi connectivity index (χ3v) is 5.74. The number of nitrogens with zero attached hydrogens (tertiary/aromatic N) is 6. The minimum absolute atomic E-state index is 0.109. The van der Waals surface area contributed by atoms with Crippen LogP contribution in [0.25, 0.3) is 21.9 Å². The third kappa shape index (κ3) is 3.48. The molecule has 1 saturated heterocycles. The number of imidazole rings is 1. The van der Waals surface area contributed by atoms with Gasteiger partial charge in [0.15, 0.2) is 5.82 Å². The summed E-state index contributed by atoms with van der Waals surface area (Å²) >= 11 is 0. The predicted molar refractivity (Wildman–Crippen MR) is 124 cm³/mol. The number of para-hydroxylation sites is 1. The second kappa shape index (κ2) is 7.73. The van der Waals surface area contributed by atoms with Gasteiger partial charge >= 0.3 is 0 Å². The molecule has 0 spiro atoms.